The number of hydrogen-bond acceptors (Lipinski definition) is 2. The van der Waals surface area contributed by atoms with E-state index in [2.05, 4.69) is 4.74 Å². The fraction of sp³-hybridized carbons (Fsp3) is 0.667. The normalized spacial score (nSPS) is 12.9. The van der Waals surface area contributed by atoms with Crippen LogP contribution in [-0.4, -0.2) is 12.8 Å². The van der Waals surface area contributed by atoms with Crippen molar-refractivity contribution in [3.05, 3.63) is 0 Å². The fourth-order valence-electron chi connectivity index (χ4n) is 0.102. The lowest BCUT2D eigenvalue weighted by Gasteiger charge is -1.99. The van der Waals surface area contributed by atoms with Crippen molar-refractivity contribution in [1.29, 1.82) is 5.26 Å². The molecule has 1 unspecified atom stereocenters. The Morgan fingerprint density at radius 1 is 1.38 bits per heavy atom. The molecular weight excluding hydrogens is 123 g/mol. The molecule has 8 heavy (non-hydrogen) atoms. The van der Waals surface area contributed by atoms with Gasteiger partial charge in [-0.3, -0.25) is 0 Å². The van der Waals surface area contributed by atoms with Gasteiger partial charge in [-0.15, -0.1) is 0 Å². The SMILES string of the molecule is N#COC(F)C(F)F. The number of nitriles is 1. The minimum atomic E-state index is -3.24. The third-order valence-corrected chi connectivity index (χ3v) is 0.363. The first-order valence-corrected chi connectivity index (χ1v) is 1.65. The number of ether oxygens (including phenoxy) is 1. The molecule has 0 aromatic heterocycles. The predicted octanol–water partition coefficient (Wildman–Crippen LogP) is 1.04. The smallest absolute Gasteiger partial charge is 0.310 e. The molecule has 5 heteroatoms. The van der Waals surface area contributed by atoms with Crippen molar-refractivity contribution in [3.8, 4) is 6.26 Å². The molecule has 0 saturated heterocycles. The maximum absolute atomic E-state index is 11.3. The van der Waals surface area contributed by atoms with Crippen LogP contribution in [0.15, 0.2) is 0 Å². The van der Waals surface area contributed by atoms with E-state index in [1.165, 1.54) is 0 Å². The maximum Gasteiger partial charge on any atom is 0.310 e. The molecule has 0 aliphatic heterocycles. The van der Waals surface area contributed by atoms with E-state index in [0.717, 1.165) is 6.26 Å². The summed E-state index contributed by atoms with van der Waals surface area (Å²) in [6.07, 6.45) is -5.23. The molecule has 0 radical (unpaired) electrons. The van der Waals surface area contributed by atoms with Crippen molar-refractivity contribution in [2.75, 3.05) is 0 Å². The highest BCUT2D eigenvalue weighted by Crippen LogP contribution is 2.04. The van der Waals surface area contributed by atoms with Crippen LogP contribution in [0.4, 0.5) is 13.2 Å². The van der Waals surface area contributed by atoms with Crippen LogP contribution < -0.4 is 0 Å². The average molecular weight is 125 g/mol. The molecule has 46 valence electrons. The topological polar surface area (TPSA) is 33.0 Å². The summed E-state index contributed by atoms with van der Waals surface area (Å²) in [5.74, 6) is 0. The third kappa shape index (κ3) is 2.29. The minimum Gasteiger partial charge on any atom is -0.384 e. The van der Waals surface area contributed by atoms with Crippen LogP contribution in [0.2, 0.25) is 0 Å². The largest absolute Gasteiger partial charge is 0.384 e. The number of halogens is 3. The van der Waals surface area contributed by atoms with Crippen LogP contribution >= 0.6 is 0 Å². The van der Waals surface area contributed by atoms with Crippen LogP contribution in [0.1, 0.15) is 0 Å². The Labute approximate surface area is 43.5 Å². The zero-order valence-electron chi connectivity index (χ0n) is 3.64. The molecular formula is C3H2F3NO. The van der Waals surface area contributed by atoms with Gasteiger partial charge >= 0.3 is 12.8 Å². The highest BCUT2D eigenvalue weighted by atomic mass is 19.3. The predicted molar refractivity (Wildman–Crippen MR) is 17.6 cm³/mol. The number of rotatable bonds is 2. The molecule has 0 fully saturated rings. The minimum absolute atomic E-state index is 0.794. The Morgan fingerprint density at radius 2 is 1.88 bits per heavy atom. The molecule has 0 amide bonds. The maximum atomic E-state index is 11.3. The summed E-state index contributed by atoms with van der Waals surface area (Å²) < 4.78 is 36.5. The zero-order valence-corrected chi connectivity index (χ0v) is 3.64. The summed E-state index contributed by atoms with van der Waals surface area (Å²) in [5, 5.41) is 7.44. The Morgan fingerprint density at radius 3 is 2.00 bits per heavy atom. The first-order valence-electron chi connectivity index (χ1n) is 1.65. The van der Waals surface area contributed by atoms with Crippen LogP contribution in [0, 0.1) is 11.5 Å². The van der Waals surface area contributed by atoms with Gasteiger partial charge in [0.1, 0.15) is 0 Å². The first-order chi connectivity index (χ1) is 3.68. The quantitative estimate of drug-likeness (QED) is 0.516. The van der Waals surface area contributed by atoms with Gasteiger partial charge in [0, 0.05) is 0 Å². The molecule has 0 spiro atoms. The molecule has 0 rings (SSSR count). The van der Waals surface area contributed by atoms with Crippen molar-refractivity contribution in [2.24, 2.45) is 0 Å². The summed E-state index contributed by atoms with van der Waals surface area (Å²) in [5.41, 5.74) is 0. The van der Waals surface area contributed by atoms with E-state index in [4.69, 9.17) is 5.26 Å². The van der Waals surface area contributed by atoms with E-state index in [-0.39, 0.29) is 0 Å². The van der Waals surface area contributed by atoms with Crippen molar-refractivity contribution in [3.63, 3.8) is 0 Å². The van der Waals surface area contributed by atoms with Gasteiger partial charge in [0.25, 0.3) is 6.26 Å². The summed E-state index contributed by atoms with van der Waals surface area (Å²) >= 11 is 0. The van der Waals surface area contributed by atoms with E-state index < -0.39 is 12.8 Å². The van der Waals surface area contributed by atoms with Crippen molar-refractivity contribution < 1.29 is 17.9 Å². The molecule has 0 aromatic carbocycles. The number of hydrogen-bond donors (Lipinski definition) is 0. The van der Waals surface area contributed by atoms with E-state index in [1.807, 2.05) is 0 Å². The first kappa shape index (κ1) is 7.08. The Hall–Kier alpha value is -0.920. The Bertz CT molecular complexity index is 99.2. The summed E-state index contributed by atoms with van der Waals surface area (Å²) in [7, 11) is 0. The van der Waals surface area contributed by atoms with E-state index in [9.17, 15) is 13.2 Å². The second-order valence-electron chi connectivity index (χ2n) is 0.895. The van der Waals surface area contributed by atoms with Gasteiger partial charge in [-0.1, -0.05) is 0 Å². The molecule has 0 saturated carbocycles. The van der Waals surface area contributed by atoms with Gasteiger partial charge in [0.15, 0.2) is 0 Å². The van der Waals surface area contributed by atoms with Crippen LogP contribution in [-0.2, 0) is 4.74 Å². The molecule has 1 atom stereocenters. The second-order valence-corrected chi connectivity index (χ2v) is 0.895. The van der Waals surface area contributed by atoms with Gasteiger partial charge in [-0.05, 0) is 0 Å². The lowest BCUT2D eigenvalue weighted by atomic mass is 10.7. The Balaban J connectivity index is 3.35. The van der Waals surface area contributed by atoms with Crippen molar-refractivity contribution in [1.82, 2.24) is 0 Å². The van der Waals surface area contributed by atoms with E-state index in [0.29, 0.717) is 0 Å². The molecule has 0 aromatic rings. The summed E-state index contributed by atoms with van der Waals surface area (Å²) in [6, 6.07) is 0. The Kier molecular flexibility index (Phi) is 2.77. The van der Waals surface area contributed by atoms with Gasteiger partial charge in [-0.2, -0.15) is 9.65 Å². The lowest BCUT2D eigenvalue weighted by molar-refractivity contribution is -0.0849. The standard InChI is InChI=1S/C3H2F3NO/c4-2(5)3(6)8-1-7/h2-3H. The summed E-state index contributed by atoms with van der Waals surface area (Å²) in [4.78, 5) is 0. The van der Waals surface area contributed by atoms with Gasteiger partial charge in [0.2, 0.25) is 0 Å². The van der Waals surface area contributed by atoms with E-state index in [1.54, 1.807) is 0 Å². The van der Waals surface area contributed by atoms with Gasteiger partial charge in [0.05, 0.1) is 0 Å². The zero-order chi connectivity index (χ0) is 6.57. The second kappa shape index (κ2) is 3.13. The molecule has 0 heterocycles. The van der Waals surface area contributed by atoms with Crippen LogP contribution in [0.3, 0.4) is 0 Å². The van der Waals surface area contributed by atoms with E-state index >= 15 is 0 Å². The fourth-order valence-corrected chi connectivity index (χ4v) is 0.102. The van der Waals surface area contributed by atoms with Crippen LogP contribution in [0.25, 0.3) is 0 Å². The molecule has 0 aliphatic rings. The van der Waals surface area contributed by atoms with Gasteiger partial charge in [-0.25, -0.2) is 8.78 Å². The van der Waals surface area contributed by atoms with Crippen molar-refractivity contribution in [2.45, 2.75) is 12.8 Å². The third-order valence-electron chi connectivity index (χ3n) is 0.363. The number of nitrogens with zero attached hydrogens (tertiary/aromatic N) is 1. The molecule has 2 nitrogen and oxygen atoms in total. The highest BCUT2D eigenvalue weighted by molar-refractivity contribution is 4.53. The summed E-state index contributed by atoms with van der Waals surface area (Å²) in [6.45, 7) is 0. The average Bonchev–Trinajstić information content (AvgIpc) is 1.67. The molecule has 0 bridgehead atoms. The van der Waals surface area contributed by atoms with Gasteiger partial charge < -0.3 is 4.74 Å². The highest BCUT2D eigenvalue weighted by Gasteiger charge is 2.19. The monoisotopic (exact) mass is 125 g/mol. The number of alkyl halides is 3. The van der Waals surface area contributed by atoms with Crippen molar-refractivity contribution >= 4 is 0 Å². The van der Waals surface area contributed by atoms with Crippen LogP contribution in [0.5, 0.6) is 0 Å². The molecule has 0 N–H and O–H groups in total. The lowest BCUT2D eigenvalue weighted by Crippen LogP contribution is -2.12. The molecule has 0 aliphatic carbocycles.